The molecule has 7 aromatic rings. The average Bonchev–Trinajstić information content (AvgIpc) is 3.22. The van der Waals surface area contributed by atoms with Gasteiger partial charge in [-0.15, -0.1) is 0 Å². The minimum atomic E-state index is 0. The van der Waals surface area contributed by atoms with E-state index in [2.05, 4.69) is 48.5 Å². The van der Waals surface area contributed by atoms with E-state index in [-0.39, 0.29) is 262 Å². The molecule has 8 radical (unpaired) electrons. The van der Waals surface area contributed by atoms with Crippen molar-refractivity contribution >= 4 is 80.9 Å². The van der Waals surface area contributed by atoms with Crippen LogP contribution in [0.3, 0.4) is 0 Å². The standard InChI is InChI=1S/3C14H8.C10H6.8Y/c2*1-3-11-5-7-14-10-12(4-2)6-8-13(14)9-11;1-3-11-7-5-10-14-12(4-2)8-6-9-13(11)14;1-3-9-5-7-10(4-2)8-6-9;;;;;;;;/h1-4,7-10H;2*1-8H;1-5,8H;;;;;;;;/q4*-4;;;;;;;;. The van der Waals surface area contributed by atoms with Gasteiger partial charge in [0.1, 0.15) is 0 Å². The maximum atomic E-state index is 5.51. The summed E-state index contributed by atoms with van der Waals surface area (Å²) in [6.07, 6.45) is 12.2. The van der Waals surface area contributed by atoms with Crippen LogP contribution in [-0.2, 0) is 262 Å². The molecule has 0 aliphatic carbocycles. The van der Waals surface area contributed by atoms with E-state index in [9.17, 15) is 0 Å². The molecule has 0 nitrogen and oxygen atoms in total. The van der Waals surface area contributed by atoms with Crippen molar-refractivity contribution in [2.24, 2.45) is 0 Å². The van der Waals surface area contributed by atoms with Gasteiger partial charge >= 0.3 is 0 Å². The maximum Gasteiger partial charge on any atom is 0 e. The Labute approximate surface area is 561 Å². The summed E-state index contributed by atoms with van der Waals surface area (Å²) in [4.78, 5) is 0. The van der Waals surface area contributed by atoms with Crippen molar-refractivity contribution in [2.75, 3.05) is 0 Å². The largest absolute Gasteiger partial charge is 0.344 e. The van der Waals surface area contributed by atoms with Crippen molar-refractivity contribution in [3.8, 4) is 0 Å². The molecule has 0 saturated heterocycles. The van der Waals surface area contributed by atoms with Crippen LogP contribution in [0.1, 0.15) is 44.5 Å². The van der Waals surface area contributed by atoms with Crippen molar-refractivity contribution in [2.45, 2.75) is 0 Å². The van der Waals surface area contributed by atoms with Crippen LogP contribution in [0.25, 0.3) is 80.9 Å². The van der Waals surface area contributed by atoms with Gasteiger partial charge in [-0.3, -0.25) is 95.4 Å². The fourth-order valence-electron chi connectivity index (χ4n) is 4.75. The van der Waals surface area contributed by atoms with E-state index in [1.165, 1.54) is 36.5 Å². The van der Waals surface area contributed by atoms with Gasteiger partial charge in [-0.05, 0) is 0 Å². The molecule has 278 valence electrons. The summed E-state index contributed by atoms with van der Waals surface area (Å²) in [6.45, 7) is 43.1. The van der Waals surface area contributed by atoms with E-state index in [0.717, 1.165) is 76.8 Å². The minimum absolute atomic E-state index is 0. The second-order valence-corrected chi connectivity index (χ2v) is 10.8. The first-order valence-corrected chi connectivity index (χ1v) is 15.8. The van der Waals surface area contributed by atoms with Crippen LogP contribution in [0.4, 0.5) is 0 Å². The summed E-state index contributed by atoms with van der Waals surface area (Å²) >= 11 is 0. The van der Waals surface area contributed by atoms with Gasteiger partial charge in [0, 0.05) is 262 Å². The van der Waals surface area contributed by atoms with Crippen molar-refractivity contribution in [1.82, 2.24) is 0 Å². The molecule has 0 amide bonds. The van der Waals surface area contributed by atoms with Crippen LogP contribution in [0.15, 0.2) is 84.9 Å². The van der Waals surface area contributed by atoms with E-state index >= 15 is 0 Å². The van der Waals surface area contributed by atoms with Gasteiger partial charge < -0.3 is 86.5 Å². The maximum absolute atomic E-state index is 5.51. The third-order valence-corrected chi connectivity index (χ3v) is 7.48. The topological polar surface area (TPSA) is 0 Å². The summed E-state index contributed by atoms with van der Waals surface area (Å²) in [6, 6.07) is 50.9. The molecule has 0 saturated carbocycles. The average molecular weight is 1370 g/mol. The van der Waals surface area contributed by atoms with Crippen molar-refractivity contribution < 1.29 is 262 Å². The minimum Gasteiger partial charge on any atom is -0.344 e. The van der Waals surface area contributed by atoms with Gasteiger partial charge in [-0.1, -0.05) is 0 Å². The van der Waals surface area contributed by atoms with Gasteiger partial charge in [0.05, 0.1) is 0 Å². The molecular formula is C52H30Y8-16. The van der Waals surface area contributed by atoms with Crippen LogP contribution in [0.2, 0.25) is 0 Å². The first-order chi connectivity index (χ1) is 25.4. The van der Waals surface area contributed by atoms with Crippen LogP contribution in [0, 0.1) is 101 Å². The second kappa shape index (κ2) is 40.2. The summed E-state index contributed by atoms with van der Waals surface area (Å²) in [5, 5.41) is 6.07. The Hall–Kier alpha value is 2.07. The monoisotopic (exact) mass is 1370 g/mol. The molecular weight excluding hydrogens is 1340 g/mol. The van der Waals surface area contributed by atoms with E-state index in [4.69, 9.17) is 52.6 Å². The number of rotatable bonds is 8. The van der Waals surface area contributed by atoms with Crippen LogP contribution in [-0.4, -0.2) is 0 Å². The number of hydrogen-bond donors (Lipinski definition) is 0. The van der Waals surface area contributed by atoms with Gasteiger partial charge in [0.2, 0.25) is 0 Å². The number of fused-ring (bicyclic) bond motifs is 3. The molecule has 0 fully saturated rings. The molecule has 0 aliphatic rings. The van der Waals surface area contributed by atoms with Gasteiger partial charge in [-0.25, -0.2) is 93.2 Å². The summed E-state index contributed by atoms with van der Waals surface area (Å²) in [5.74, 6) is 0. The van der Waals surface area contributed by atoms with Gasteiger partial charge in [0.15, 0.2) is 0 Å². The van der Waals surface area contributed by atoms with Crippen molar-refractivity contribution in [3.05, 3.63) is 231 Å². The molecule has 0 heterocycles. The first-order valence-electron chi connectivity index (χ1n) is 15.8. The fraction of sp³-hybridized carbons (Fsp3) is 0. The van der Waals surface area contributed by atoms with Gasteiger partial charge in [0.25, 0.3) is 0 Å². The van der Waals surface area contributed by atoms with Crippen LogP contribution >= 0.6 is 0 Å². The molecule has 0 N–H and O–H groups in total. The SMILES string of the molecule is [CH-]=Cc1[c-]c2ccc(C=[CH-])[c-]c2cc1.[CH-]=Cc1[c-]cc(C=[CH-])[c-]c1.[CH-]=Cc1[c-]cc2cc(C=[CH-])[c-]cc2c1.[CH-]=Cc1cc[c-]c2c(C=[CH-])cc[c-]c12.[Y].[Y].[Y].[Y].[Y].[Y].[Y].[Y]. The molecule has 0 unspecified atom stereocenters. The molecule has 0 aromatic heterocycles. The van der Waals surface area contributed by atoms with Gasteiger partial charge in [-0.2, -0.15) is 36.4 Å². The van der Waals surface area contributed by atoms with Crippen LogP contribution < -0.4 is 0 Å². The molecule has 7 aromatic carbocycles. The van der Waals surface area contributed by atoms with E-state index in [1.807, 2.05) is 72.8 Å². The predicted molar refractivity (Wildman–Crippen MR) is 219 cm³/mol. The fourth-order valence-corrected chi connectivity index (χ4v) is 4.75. The molecule has 0 spiro atoms. The smallest absolute Gasteiger partial charge is 0 e. The van der Waals surface area contributed by atoms with E-state index in [0.29, 0.717) is 0 Å². The molecule has 7 rings (SSSR count). The van der Waals surface area contributed by atoms with E-state index < -0.39 is 0 Å². The molecule has 0 bridgehead atoms. The Bertz CT molecular complexity index is 2150. The summed E-state index contributed by atoms with van der Waals surface area (Å²) in [5.41, 5.74) is 7.08. The second-order valence-electron chi connectivity index (χ2n) is 10.8. The Balaban J connectivity index is -0.000000216. The quantitative estimate of drug-likeness (QED) is 0.133. The molecule has 60 heavy (non-hydrogen) atoms. The number of benzene rings is 7. The molecule has 0 atom stereocenters. The van der Waals surface area contributed by atoms with Crippen molar-refractivity contribution in [1.29, 1.82) is 0 Å². The zero-order valence-electron chi connectivity index (χ0n) is 32.9. The normalized spacial score (nSPS) is 8.47. The summed E-state index contributed by atoms with van der Waals surface area (Å²) in [7, 11) is 0. The predicted octanol–water partition coefficient (Wildman–Crippen LogP) is 12.2. The first kappa shape index (κ1) is 71.1. The third kappa shape index (κ3) is 22.7. The summed E-state index contributed by atoms with van der Waals surface area (Å²) < 4.78 is 0. The molecule has 0 aliphatic heterocycles. The van der Waals surface area contributed by atoms with Crippen molar-refractivity contribution in [3.63, 3.8) is 0 Å². The van der Waals surface area contributed by atoms with Crippen LogP contribution in [0.5, 0.6) is 0 Å². The zero-order chi connectivity index (χ0) is 37.3. The Kier molecular flexibility index (Phi) is 47.6. The molecule has 8 heteroatoms. The number of hydrogen-bond acceptors (Lipinski definition) is 0. The Morgan fingerprint density at radius 1 is 0.317 bits per heavy atom. The third-order valence-electron chi connectivity index (χ3n) is 7.48. The Morgan fingerprint density at radius 3 is 0.917 bits per heavy atom. The van der Waals surface area contributed by atoms with E-state index in [1.54, 1.807) is 24.3 Å². The Morgan fingerprint density at radius 2 is 0.633 bits per heavy atom. The zero-order valence-corrected chi connectivity index (χ0v) is 55.6.